The second-order valence-electron chi connectivity index (χ2n) is 6.98. The summed E-state index contributed by atoms with van der Waals surface area (Å²) in [5.74, 6) is 0.0577. The molecule has 2 aromatic rings. The Morgan fingerprint density at radius 3 is 2.40 bits per heavy atom. The van der Waals surface area contributed by atoms with Crippen molar-refractivity contribution in [1.82, 2.24) is 9.62 Å². The van der Waals surface area contributed by atoms with Gasteiger partial charge < -0.3 is 19.9 Å². The van der Waals surface area contributed by atoms with E-state index < -0.39 is 15.9 Å². The summed E-state index contributed by atoms with van der Waals surface area (Å²) in [6.07, 6.45) is 0. The summed E-state index contributed by atoms with van der Waals surface area (Å²) in [5, 5.41) is 3.10. The molecule has 1 aliphatic heterocycles. The standard InChI is InChI=1S/C20H25ClN4O4S/c1-22-30(27,28)19-12-14(4-6-17(19)25-10-8-24(2)9-11-25)20(26)23-15-5-7-18(29-3)16(21)13-15/h4-7,12-13,22H,8-11H2,1-3H3,(H,23,26). The molecular formula is C20H25ClN4O4S. The summed E-state index contributed by atoms with van der Waals surface area (Å²) in [6.45, 7) is 3.08. The van der Waals surface area contributed by atoms with Gasteiger partial charge in [0.25, 0.3) is 5.91 Å². The SMILES string of the molecule is CNS(=O)(=O)c1cc(C(=O)Nc2ccc(OC)c(Cl)c2)ccc1N1CCN(C)CC1. The van der Waals surface area contributed by atoms with Crippen molar-refractivity contribution in [2.24, 2.45) is 0 Å². The van der Waals surface area contributed by atoms with Gasteiger partial charge in [-0.15, -0.1) is 0 Å². The highest BCUT2D eigenvalue weighted by atomic mass is 35.5. The summed E-state index contributed by atoms with van der Waals surface area (Å²) in [7, 11) is 1.13. The Kier molecular flexibility index (Phi) is 6.87. The third-order valence-electron chi connectivity index (χ3n) is 5.03. The molecule has 8 nitrogen and oxygen atoms in total. The molecule has 2 N–H and O–H groups in total. The van der Waals surface area contributed by atoms with E-state index >= 15 is 0 Å². The van der Waals surface area contributed by atoms with E-state index in [-0.39, 0.29) is 10.5 Å². The molecule has 1 saturated heterocycles. The number of piperazine rings is 1. The molecule has 1 fully saturated rings. The van der Waals surface area contributed by atoms with Gasteiger partial charge >= 0.3 is 0 Å². The van der Waals surface area contributed by atoms with Crippen LogP contribution in [0.4, 0.5) is 11.4 Å². The molecule has 162 valence electrons. The molecule has 30 heavy (non-hydrogen) atoms. The third kappa shape index (κ3) is 4.86. The predicted molar refractivity (Wildman–Crippen MR) is 118 cm³/mol. The molecule has 0 saturated carbocycles. The van der Waals surface area contributed by atoms with Crippen LogP contribution in [0.1, 0.15) is 10.4 Å². The number of methoxy groups -OCH3 is 1. The Morgan fingerprint density at radius 2 is 1.80 bits per heavy atom. The number of carbonyl (C=O) groups is 1. The van der Waals surface area contributed by atoms with Gasteiger partial charge in [0.2, 0.25) is 10.0 Å². The zero-order valence-electron chi connectivity index (χ0n) is 17.1. The van der Waals surface area contributed by atoms with Crippen LogP contribution in [-0.2, 0) is 10.0 Å². The predicted octanol–water partition coefficient (Wildman–Crippen LogP) is 2.26. The van der Waals surface area contributed by atoms with Crippen molar-refractivity contribution in [2.45, 2.75) is 4.90 Å². The van der Waals surface area contributed by atoms with Gasteiger partial charge in [-0.25, -0.2) is 13.1 Å². The summed E-state index contributed by atoms with van der Waals surface area (Å²) >= 11 is 6.11. The van der Waals surface area contributed by atoms with E-state index in [2.05, 4.69) is 14.9 Å². The smallest absolute Gasteiger partial charge is 0.255 e. The molecule has 1 heterocycles. The fourth-order valence-electron chi connectivity index (χ4n) is 3.24. The Bertz CT molecular complexity index is 1040. The first-order valence-corrected chi connectivity index (χ1v) is 11.3. The van der Waals surface area contributed by atoms with Crippen molar-refractivity contribution in [3.05, 3.63) is 47.0 Å². The van der Waals surface area contributed by atoms with Gasteiger partial charge in [-0.3, -0.25) is 4.79 Å². The highest BCUT2D eigenvalue weighted by molar-refractivity contribution is 7.89. The number of ether oxygens (including phenoxy) is 1. The van der Waals surface area contributed by atoms with Crippen LogP contribution in [0.5, 0.6) is 5.75 Å². The van der Waals surface area contributed by atoms with Crippen molar-refractivity contribution in [3.63, 3.8) is 0 Å². The lowest BCUT2D eigenvalue weighted by atomic mass is 10.1. The molecule has 0 aromatic heterocycles. The minimum Gasteiger partial charge on any atom is -0.495 e. The molecular weight excluding hydrogens is 428 g/mol. The Labute approximate surface area is 181 Å². The van der Waals surface area contributed by atoms with Crippen molar-refractivity contribution in [2.75, 3.05) is 57.6 Å². The monoisotopic (exact) mass is 452 g/mol. The maximum atomic E-state index is 12.8. The maximum Gasteiger partial charge on any atom is 0.255 e. The molecule has 0 unspecified atom stereocenters. The van der Waals surface area contributed by atoms with Crippen LogP contribution in [0.3, 0.4) is 0 Å². The van der Waals surface area contributed by atoms with Gasteiger partial charge in [-0.2, -0.15) is 0 Å². The highest BCUT2D eigenvalue weighted by Gasteiger charge is 2.24. The summed E-state index contributed by atoms with van der Waals surface area (Å²) in [5.41, 5.74) is 1.29. The van der Waals surface area contributed by atoms with E-state index in [1.165, 1.54) is 20.2 Å². The number of likely N-dealkylation sites (N-methyl/N-ethyl adjacent to an activating group) is 1. The molecule has 0 bridgehead atoms. The number of benzene rings is 2. The first kappa shape index (κ1) is 22.4. The van der Waals surface area contributed by atoms with Gasteiger partial charge in [-0.1, -0.05) is 11.6 Å². The van der Waals surface area contributed by atoms with Crippen molar-refractivity contribution in [3.8, 4) is 5.75 Å². The van der Waals surface area contributed by atoms with E-state index in [1.807, 2.05) is 11.9 Å². The fourth-order valence-corrected chi connectivity index (χ4v) is 4.47. The molecule has 3 rings (SSSR count). The molecule has 0 atom stereocenters. The van der Waals surface area contributed by atoms with Crippen LogP contribution in [0.2, 0.25) is 5.02 Å². The Hall–Kier alpha value is -2.33. The number of anilines is 2. The summed E-state index contributed by atoms with van der Waals surface area (Å²) < 4.78 is 32.8. The summed E-state index contributed by atoms with van der Waals surface area (Å²) in [4.78, 5) is 17.0. The Balaban J connectivity index is 1.91. The lowest BCUT2D eigenvalue weighted by Gasteiger charge is -2.35. The van der Waals surface area contributed by atoms with E-state index in [0.29, 0.717) is 35.2 Å². The van der Waals surface area contributed by atoms with Crippen molar-refractivity contribution >= 4 is 38.9 Å². The molecule has 1 aliphatic rings. The third-order valence-corrected chi connectivity index (χ3v) is 6.77. The van der Waals surface area contributed by atoms with Crippen molar-refractivity contribution < 1.29 is 17.9 Å². The minimum atomic E-state index is -3.76. The second kappa shape index (κ2) is 9.22. The number of carbonyl (C=O) groups excluding carboxylic acids is 1. The largest absolute Gasteiger partial charge is 0.495 e. The number of hydrogen-bond donors (Lipinski definition) is 2. The van der Waals surface area contributed by atoms with Gasteiger partial charge in [0.05, 0.1) is 17.8 Å². The Morgan fingerprint density at radius 1 is 1.10 bits per heavy atom. The van der Waals surface area contributed by atoms with E-state index in [1.54, 1.807) is 30.3 Å². The van der Waals surface area contributed by atoms with Crippen LogP contribution in [0.25, 0.3) is 0 Å². The van der Waals surface area contributed by atoms with Crippen molar-refractivity contribution in [1.29, 1.82) is 0 Å². The zero-order chi connectivity index (χ0) is 21.9. The molecule has 0 spiro atoms. The lowest BCUT2D eigenvalue weighted by Crippen LogP contribution is -2.45. The average molecular weight is 453 g/mol. The fraction of sp³-hybridized carbons (Fsp3) is 0.350. The number of rotatable bonds is 6. The number of amides is 1. The molecule has 10 heteroatoms. The van der Waals surface area contributed by atoms with Gasteiger partial charge in [0.1, 0.15) is 10.6 Å². The summed E-state index contributed by atoms with van der Waals surface area (Å²) in [6, 6.07) is 9.59. The molecule has 1 amide bonds. The van der Waals surface area contributed by atoms with Crippen LogP contribution >= 0.6 is 11.6 Å². The van der Waals surface area contributed by atoms with Gasteiger partial charge in [0, 0.05) is 37.4 Å². The highest BCUT2D eigenvalue weighted by Crippen LogP contribution is 2.29. The number of nitrogens with one attached hydrogen (secondary N) is 2. The first-order chi connectivity index (χ1) is 14.2. The normalized spacial score (nSPS) is 15.1. The second-order valence-corrected chi connectivity index (χ2v) is 9.25. The molecule has 2 aromatic carbocycles. The van der Waals surface area contributed by atoms with Gasteiger partial charge in [-0.05, 0) is 50.5 Å². The number of nitrogens with zero attached hydrogens (tertiary/aromatic N) is 2. The van der Waals surface area contributed by atoms with Crippen LogP contribution in [-0.4, -0.2) is 66.6 Å². The van der Waals surface area contributed by atoms with E-state index in [0.717, 1.165) is 13.1 Å². The average Bonchev–Trinajstić information content (AvgIpc) is 2.74. The number of sulfonamides is 1. The topological polar surface area (TPSA) is 91.0 Å². The van der Waals surface area contributed by atoms with Crippen LogP contribution < -0.4 is 19.7 Å². The van der Waals surface area contributed by atoms with E-state index in [9.17, 15) is 13.2 Å². The zero-order valence-corrected chi connectivity index (χ0v) is 18.7. The molecule has 0 aliphatic carbocycles. The molecule has 0 radical (unpaired) electrons. The van der Waals surface area contributed by atoms with Gasteiger partial charge in [0.15, 0.2) is 0 Å². The van der Waals surface area contributed by atoms with E-state index in [4.69, 9.17) is 16.3 Å². The number of hydrogen-bond acceptors (Lipinski definition) is 6. The number of halogens is 1. The maximum absolute atomic E-state index is 12.8. The quantitative estimate of drug-likeness (QED) is 0.698. The first-order valence-electron chi connectivity index (χ1n) is 9.41. The minimum absolute atomic E-state index is 0.0787. The van der Waals surface area contributed by atoms with Crippen LogP contribution in [0, 0.1) is 0 Å². The van der Waals surface area contributed by atoms with Crippen LogP contribution in [0.15, 0.2) is 41.3 Å². The lowest BCUT2D eigenvalue weighted by molar-refractivity contribution is 0.102.